The normalized spacial score (nSPS) is 24.6. The summed E-state index contributed by atoms with van der Waals surface area (Å²) in [6.45, 7) is 2.06. The number of aryl methyl sites for hydroxylation is 1. The van der Waals surface area contributed by atoms with Gasteiger partial charge in [0.15, 0.2) is 5.58 Å². The van der Waals surface area contributed by atoms with Crippen molar-refractivity contribution in [3.63, 3.8) is 0 Å². The van der Waals surface area contributed by atoms with Gasteiger partial charge in [-0.2, -0.15) is 0 Å². The molecule has 0 saturated heterocycles. The number of rotatable bonds is 1. The quantitative estimate of drug-likeness (QED) is 0.813. The summed E-state index contributed by atoms with van der Waals surface area (Å²) in [6.07, 6.45) is 3.58. The third kappa shape index (κ3) is 1.97. The first-order chi connectivity index (χ1) is 8.63. The number of fused-ring (bicyclic) bond motifs is 1. The van der Waals surface area contributed by atoms with Gasteiger partial charge in [0.2, 0.25) is 0 Å². The van der Waals surface area contributed by atoms with Crippen LogP contribution in [0.3, 0.4) is 0 Å². The molecule has 1 heterocycles. The molecule has 1 fully saturated rings. The minimum atomic E-state index is -0.402. The molecule has 3 rings (SSSR count). The first-order valence-corrected chi connectivity index (χ1v) is 6.45. The van der Waals surface area contributed by atoms with Crippen LogP contribution in [0.5, 0.6) is 0 Å². The fraction of sp³-hybridized carbons (Fsp3) is 0.500. The zero-order chi connectivity index (χ0) is 12.7. The van der Waals surface area contributed by atoms with Crippen molar-refractivity contribution in [3.8, 4) is 0 Å². The standard InChI is InChI=1S/C14H17NO3/c1-8-6-12-13(18-14(17)15-12)7-11(8)9-2-4-10(16)5-3-9/h6-7,9-10,16H,2-5H2,1H3,(H,15,17). The van der Waals surface area contributed by atoms with Gasteiger partial charge in [0.25, 0.3) is 0 Å². The van der Waals surface area contributed by atoms with Gasteiger partial charge in [-0.15, -0.1) is 0 Å². The van der Waals surface area contributed by atoms with Crippen LogP contribution in [-0.2, 0) is 0 Å². The number of aromatic amines is 1. The summed E-state index contributed by atoms with van der Waals surface area (Å²) in [6, 6.07) is 3.95. The Hall–Kier alpha value is -1.55. The van der Waals surface area contributed by atoms with Gasteiger partial charge in [0.05, 0.1) is 11.6 Å². The highest BCUT2D eigenvalue weighted by Gasteiger charge is 2.22. The average molecular weight is 247 g/mol. The summed E-state index contributed by atoms with van der Waals surface area (Å²) in [5, 5.41) is 9.55. The molecule has 0 atom stereocenters. The molecule has 0 spiro atoms. The number of benzene rings is 1. The molecule has 0 radical (unpaired) electrons. The van der Waals surface area contributed by atoms with Crippen molar-refractivity contribution < 1.29 is 9.52 Å². The molecular formula is C14H17NO3. The molecule has 96 valence electrons. The maximum atomic E-state index is 11.2. The van der Waals surface area contributed by atoms with E-state index < -0.39 is 5.76 Å². The smallest absolute Gasteiger partial charge is 0.408 e. The fourth-order valence-electron chi connectivity index (χ4n) is 2.95. The molecule has 4 heteroatoms. The van der Waals surface area contributed by atoms with Crippen molar-refractivity contribution in [2.45, 2.75) is 44.6 Å². The summed E-state index contributed by atoms with van der Waals surface area (Å²) < 4.78 is 5.11. The summed E-state index contributed by atoms with van der Waals surface area (Å²) in [4.78, 5) is 13.8. The van der Waals surface area contributed by atoms with Crippen LogP contribution in [0.1, 0.15) is 42.7 Å². The monoisotopic (exact) mass is 247 g/mol. The lowest BCUT2D eigenvalue weighted by atomic mass is 9.81. The Morgan fingerprint density at radius 3 is 2.72 bits per heavy atom. The lowest BCUT2D eigenvalue weighted by Crippen LogP contribution is -2.17. The fourth-order valence-corrected chi connectivity index (χ4v) is 2.95. The van der Waals surface area contributed by atoms with E-state index in [2.05, 4.69) is 11.9 Å². The molecule has 0 bridgehead atoms. The molecule has 1 aromatic carbocycles. The zero-order valence-corrected chi connectivity index (χ0v) is 10.4. The zero-order valence-electron chi connectivity index (χ0n) is 10.4. The number of nitrogens with one attached hydrogen (secondary N) is 1. The van der Waals surface area contributed by atoms with Crippen LogP contribution in [0.4, 0.5) is 0 Å². The van der Waals surface area contributed by atoms with E-state index in [1.165, 1.54) is 11.1 Å². The second kappa shape index (κ2) is 4.28. The van der Waals surface area contributed by atoms with Crippen molar-refractivity contribution in [2.24, 2.45) is 0 Å². The molecule has 1 saturated carbocycles. The van der Waals surface area contributed by atoms with E-state index in [0.717, 1.165) is 31.2 Å². The lowest BCUT2D eigenvalue weighted by molar-refractivity contribution is 0.122. The van der Waals surface area contributed by atoms with E-state index in [4.69, 9.17) is 4.42 Å². The molecule has 18 heavy (non-hydrogen) atoms. The first kappa shape index (κ1) is 11.5. The number of aliphatic hydroxyl groups excluding tert-OH is 1. The summed E-state index contributed by atoms with van der Waals surface area (Å²) in [7, 11) is 0. The molecule has 0 unspecified atom stereocenters. The van der Waals surface area contributed by atoms with E-state index in [1.54, 1.807) is 0 Å². The largest absolute Gasteiger partial charge is 0.417 e. The van der Waals surface area contributed by atoms with Crippen molar-refractivity contribution in [1.29, 1.82) is 0 Å². The van der Waals surface area contributed by atoms with Crippen molar-refractivity contribution in [2.75, 3.05) is 0 Å². The minimum Gasteiger partial charge on any atom is -0.408 e. The molecule has 2 N–H and O–H groups in total. The summed E-state index contributed by atoms with van der Waals surface area (Å²) >= 11 is 0. The highest BCUT2D eigenvalue weighted by Crippen LogP contribution is 2.35. The minimum absolute atomic E-state index is 0.143. The predicted molar refractivity (Wildman–Crippen MR) is 68.8 cm³/mol. The Morgan fingerprint density at radius 2 is 2.00 bits per heavy atom. The van der Waals surface area contributed by atoms with Crippen molar-refractivity contribution in [1.82, 2.24) is 4.98 Å². The Morgan fingerprint density at radius 1 is 1.28 bits per heavy atom. The number of aromatic nitrogens is 1. The Labute approximate surface area is 105 Å². The van der Waals surface area contributed by atoms with Gasteiger partial charge in [0.1, 0.15) is 0 Å². The van der Waals surface area contributed by atoms with Crippen LogP contribution in [0.25, 0.3) is 11.1 Å². The Balaban J connectivity index is 2.00. The molecule has 0 aliphatic heterocycles. The number of hydrogen-bond donors (Lipinski definition) is 2. The van der Waals surface area contributed by atoms with Gasteiger partial charge >= 0.3 is 5.76 Å². The third-order valence-electron chi connectivity index (χ3n) is 3.94. The first-order valence-electron chi connectivity index (χ1n) is 6.45. The maximum Gasteiger partial charge on any atom is 0.417 e. The van der Waals surface area contributed by atoms with Crippen LogP contribution < -0.4 is 5.76 Å². The molecule has 1 aromatic heterocycles. The number of hydrogen-bond acceptors (Lipinski definition) is 3. The van der Waals surface area contributed by atoms with Crippen LogP contribution in [0.15, 0.2) is 21.3 Å². The molecule has 1 aliphatic carbocycles. The molecule has 0 amide bonds. The number of H-pyrrole nitrogens is 1. The third-order valence-corrected chi connectivity index (χ3v) is 3.94. The molecule has 2 aromatic rings. The van der Waals surface area contributed by atoms with Gasteiger partial charge in [-0.1, -0.05) is 0 Å². The van der Waals surface area contributed by atoms with E-state index in [9.17, 15) is 9.90 Å². The van der Waals surface area contributed by atoms with E-state index in [-0.39, 0.29) is 6.10 Å². The van der Waals surface area contributed by atoms with E-state index in [1.807, 2.05) is 12.1 Å². The highest BCUT2D eigenvalue weighted by atomic mass is 16.4. The van der Waals surface area contributed by atoms with Gasteiger partial charge < -0.3 is 9.52 Å². The second-order valence-corrected chi connectivity index (χ2v) is 5.22. The van der Waals surface area contributed by atoms with E-state index in [0.29, 0.717) is 11.5 Å². The second-order valence-electron chi connectivity index (χ2n) is 5.22. The van der Waals surface area contributed by atoms with Crippen LogP contribution in [-0.4, -0.2) is 16.2 Å². The Kier molecular flexibility index (Phi) is 2.74. The maximum absolute atomic E-state index is 11.2. The van der Waals surface area contributed by atoms with Crippen molar-refractivity contribution >= 4 is 11.1 Å². The summed E-state index contributed by atoms with van der Waals surface area (Å²) in [5.74, 6) is 0.0682. The van der Waals surface area contributed by atoms with Gasteiger partial charge in [-0.3, -0.25) is 4.98 Å². The highest BCUT2D eigenvalue weighted by molar-refractivity contribution is 5.74. The number of aliphatic hydroxyl groups is 1. The van der Waals surface area contributed by atoms with E-state index >= 15 is 0 Å². The predicted octanol–water partition coefficient (Wildman–Crippen LogP) is 2.45. The average Bonchev–Trinajstić information content (AvgIpc) is 2.68. The lowest BCUT2D eigenvalue weighted by Gasteiger charge is -2.26. The molecular weight excluding hydrogens is 230 g/mol. The van der Waals surface area contributed by atoms with Crippen molar-refractivity contribution in [3.05, 3.63) is 33.8 Å². The summed E-state index contributed by atoms with van der Waals surface area (Å²) in [5.41, 5.74) is 3.82. The Bertz CT molecular complexity index is 617. The molecule has 1 aliphatic rings. The van der Waals surface area contributed by atoms with Crippen LogP contribution in [0, 0.1) is 6.92 Å². The van der Waals surface area contributed by atoms with Gasteiger partial charge in [-0.25, -0.2) is 4.79 Å². The number of oxazole rings is 1. The van der Waals surface area contributed by atoms with Crippen LogP contribution >= 0.6 is 0 Å². The van der Waals surface area contributed by atoms with Gasteiger partial charge in [-0.05, 0) is 61.8 Å². The topological polar surface area (TPSA) is 66.2 Å². The molecule has 4 nitrogen and oxygen atoms in total. The van der Waals surface area contributed by atoms with Gasteiger partial charge in [0, 0.05) is 0 Å². The SMILES string of the molecule is Cc1cc2[nH]c(=O)oc2cc1C1CCC(O)CC1. The van der Waals surface area contributed by atoms with Crippen LogP contribution in [0.2, 0.25) is 0 Å².